The van der Waals surface area contributed by atoms with E-state index >= 15 is 0 Å². The lowest BCUT2D eigenvalue weighted by Crippen LogP contribution is -2.56. The van der Waals surface area contributed by atoms with Gasteiger partial charge in [-0.1, -0.05) is 90.5 Å². The van der Waals surface area contributed by atoms with Gasteiger partial charge in [-0.2, -0.15) is 0 Å². The average Bonchev–Trinajstić information content (AvgIpc) is 3.07. The Hall–Kier alpha value is -4.58. The number of fused-ring (bicyclic) bond motifs is 1. The maximum atomic E-state index is 14.8. The molecule has 0 spiro atoms. The van der Waals surface area contributed by atoms with Crippen LogP contribution in [-0.4, -0.2) is 21.7 Å². The van der Waals surface area contributed by atoms with Gasteiger partial charge in [0.05, 0.1) is 12.6 Å². The van der Waals surface area contributed by atoms with Gasteiger partial charge >= 0.3 is 0 Å². The predicted molar refractivity (Wildman–Crippen MR) is 168 cm³/mol. The van der Waals surface area contributed by atoms with Crippen LogP contribution in [0.1, 0.15) is 35.2 Å². The largest absolute Gasteiger partial charge is 0.508 e. The monoisotopic (exact) mass is 574 g/mol. The topological polar surface area (TPSA) is 72.8 Å². The number of anilines is 1. The van der Waals surface area contributed by atoms with Crippen molar-refractivity contribution in [2.75, 3.05) is 4.90 Å². The van der Waals surface area contributed by atoms with Crippen LogP contribution in [0.25, 0.3) is 11.1 Å². The molecule has 0 aliphatic carbocycles. The first kappa shape index (κ1) is 27.6. The third kappa shape index (κ3) is 5.49. The molecule has 42 heavy (non-hydrogen) atoms. The molecule has 3 N–H and O–H groups in total. The summed E-state index contributed by atoms with van der Waals surface area (Å²) >= 11 is 6.56. The van der Waals surface area contributed by atoms with Crippen molar-refractivity contribution in [3.05, 3.63) is 149 Å². The van der Waals surface area contributed by atoms with Gasteiger partial charge in [0.1, 0.15) is 17.0 Å². The van der Waals surface area contributed by atoms with E-state index in [2.05, 4.69) is 29.6 Å². The highest BCUT2D eigenvalue weighted by atomic mass is 35.5. The van der Waals surface area contributed by atoms with Crippen LogP contribution >= 0.6 is 11.6 Å². The number of hydrogen-bond donors (Lipinski definition) is 3. The van der Waals surface area contributed by atoms with Crippen molar-refractivity contribution in [3.8, 4) is 22.6 Å². The molecule has 0 bridgehead atoms. The van der Waals surface area contributed by atoms with Crippen LogP contribution in [0.15, 0.2) is 121 Å². The van der Waals surface area contributed by atoms with Crippen LogP contribution in [0.5, 0.6) is 11.5 Å². The predicted octanol–water partition coefficient (Wildman–Crippen LogP) is 7.65. The zero-order valence-electron chi connectivity index (χ0n) is 23.2. The van der Waals surface area contributed by atoms with E-state index in [0.717, 1.165) is 39.1 Å². The van der Waals surface area contributed by atoms with Crippen LogP contribution in [0.3, 0.4) is 0 Å². The first-order valence-electron chi connectivity index (χ1n) is 13.9. The number of phenols is 2. The summed E-state index contributed by atoms with van der Waals surface area (Å²) < 4.78 is 0. The number of nitrogens with zero attached hydrogens (tertiary/aromatic N) is 1. The van der Waals surface area contributed by atoms with Crippen molar-refractivity contribution in [2.45, 2.75) is 31.5 Å². The standard InChI is InChI=1S/C36H31ClN2O3/c1-36(22-27-11-5-6-13-31(27)25-9-3-2-4-10-25)35(42)39(23-24-8-7-12-30(41)20-24)33-19-16-28(37)21-32(33)34(38-36)26-14-17-29(40)18-15-26/h2-21,34,38,40-41H,22-23H2,1H3. The fourth-order valence-corrected chi connectivity index (χ4v) is 6.05. The average molecular weight is 575 g/mol. The lowest BCUT2D eigenvalue weighted by Gasteiger charge is -2.35. The molecule has 210 valence electrons. The molecule has 1 amide bonds. The lowest BCUT2D eigenvalue weighted by molar-refractivity contribution is -0.124. The van der Waals surface area contributed by atoms with E-state index in [1.165, 1.54) is 0 Å². The van der Waals surface area contributed by atoms with Gasteiger partial charge < -0.3 is 15.1 Å². The normalized spacial score (nSPS) is 18.4. The third-order valence-corrected chi connectivity index (χ3v) is 8.13. The highest BCUT2D eigenvalue weighted by Crippen LogP contribution is 2.41. The molecule has 6 heteroatoms. The molecule has 6 rings (SSSR count). The van der Waals surface area contributed by atoms with Gasteiger partial charge in [0.25, 0.3) is 0 Å². The Labute approximate surface area is 250 Å². The Morgan fingerprint density at radius 3 is 2.31 bits per heavy atom. The molecule has 1 aliphatic heterocycles. The molecule has 0 radical (unpaired) electrons. The van der Waals surface area contributed by atoms with Crippen LogP contribution in [0.4, 0.5) is 5.69 Å². The summed E-state index contributed by atoms with van der Waals surface area (Å²) in [6, 6.07) is 37.6. The van der Waals surface area contributed by atoms with E-state index < -0.39 is 11.6 Å². The first-order chi connectivity index (χ1) is 20.3. The summed E-state index contributed by atoms with van der Waals surface area (Å²) in [5.74, 6) is 0.212. The lowest BCUT2D eigenvalue weighted by atomic mass is 9.86. The highest BCUT2D eigenvalue weighted by molar-refractivity contribution is 6.30. The number of phenolic OH excluding ortho intramolecular Hbond substituents is 2. The van der Waals surface area contributed by atoms with Crippen LogP contribution in [0, 0.1) is 0 Å². The minimum Gasteiger partial charge on any atom is -0.508 e. The number of halogens is 1. The SMILES string of the molecule is CC1(Cc2ccccc2-c2ccccc2)NC(c2ccc(O)cc2)c2cc(Cl)ccc2N(Cc2cccc(O)c2)C1=O. The molecular weight excluding hydrogens is 544 g/mol. The van der Waals surface area contributed by atoms with Crippen molar-refractivity contribution in [1.29, 1.82) is 0 Å². The van der Waals surface area contributed by atoms with Gasteiger partial charge in [-0.25, -0.2) is 0 Å². The fourth-order valence-electron chi connectivity index (χ4n) is 5.87. The Bertz CT molecular complexity index is 1740. The number of benzene rings is 5. The zero-order valence-corrected chi connectivity index (χ0v) is 23.9. The van der Waals surface area contributed by atoms with Gasteiger partial charge in [-0.15, -0.1) is 0 Å². The molecular formula is C36H31ClN2O3. The Balaban J connectivity index is 1.51. The number of carbonyl (C=O) groups excluding carboxylic acids is 1. The second-order valence-corrected chi connectivity index (χ2v) is 11.4. The number of amides is 1. The maximum Gasteiger partial charge on any atom is 0.247 e. The molecule has 5 aromatic rings. The highest BCUT2D eigenvalue weighted by Gasteiger charge is 2.44. The molecule has 0 fully saturated rings. The number of rotatable bonds is 6. The molecule has 0 aromatic heterocycles. The smallest absolute Gasteiger partial charge is 0.247 e. The number of hydrogen-bond acceptors (Lipinski definition) is 4. The summed E-state index contributed by atoms with van der Waals surface area (Å²) in [5.41, 5.74) is 5.43. The Morgan fingerprint density at radius 2 is 1.55 bits per heavy atom. The number of nitrogens with one attached hydrogen (secondary N) is 1. The number of carbonyl (C=O) groups is 1. The van der Waals surface area contributed by atoms with E-state index in [-0.39, 0.29) is 24.0 Å². The Kier molecular flexibility index (Phi) is 7.46. The molecule has 0 saturated heterocycles. The van der Waals surface area contributed by atoms with Gasteiger partial charge in [0.15, 0.2) is 0 Å². The second-order valence-electron chi connectivity index (χ2n) is 11.0. The van der Waals surface area contributed by atoms with Crippen molar-refractivity contribution >= 4 is 23.2 Å². The summed E-state index contributed by atoms with van der Waals surface area (Å²) in [7, 11) is 0. The van der Waals surface area contributed by atoms with Gasteiger partial charge in [-0.05, 0) is 89.2 Å². The van der Waals surface area contributed by atoms with Gasteiger partial charge in [0, 0.05) is 10.7 Å². The molecule has 5 nitrogen and oxygen atoms in total. The molecule has 2 unspecified atom stereocenters. The quantitative estimate of drug-likeness (QED) is 0.195. The van der Waals surface area contributed by atoms with Gasteiger partial charge in [-0.3, -0.25) is 10.1 Å². The fraction of sp³-hybridized carbons (Fsp3) is 0.139. The summed E-state index contributed by atoms with van der Waals surface area (Å²) in [6.45, 7) is 2.22. The Morgan fingerprint density at radius 1 is 0.810 bits per heavy atom. The summed E-state index contributed by atoms with van der Waals surface area (Å²) in [4.78, 5) is 16.6. The molecule has 5 aromatic carbocycles. The van der Waals surface area contributed by atoms with Gasteiger partial charge in [0.2, 0.25) is 5.91 Å². The molecule has 2 atom stereocenters. The van der Waals surface area contributed by atoms with Crippen molar-refractivity contribution < 1.29 is 15.0 Å². The number of aromatic hydroxyl groups is 2. The van der Waals surface area contributed by atoms with Crippen LogP contribution in [-0.2, 0) is 17.8 Å². The summed E-state index contributed by atoms with van der Waals surface area (Å²) in [5, 5.41) is 24.5. The van der Waals surface area contributed by atoms with Crippen molar-refractivity contribution in [1.82, 2.24) is 5.32 Å². The summed E-state index contributed by atoms with van der Waals surface area (Å²) in [6.07, 6.45) is 0.420. The third-order valence-electron chi connectivity index (χ3n) is 7.90. The van der Waals surface area contributed by atoms with Crippen LogP contribution < -0.4 is 10.2 Å². The minimum atomic E-state index is -1.05. The van der Waals surface area contributed by atoms with E-state index in [1.54, 1.807) is 41.3 Å². The maximum absolute atomic E-state index is 14.8. The van der Waals surface area contributed by atoms with Crippen LogP contribution in [0.2, 0.25) is 5.02 Å². The van der Waals surface area contributed by atoms with E-state index in [9.17, 15) is 15.0 Å². The minimum absolute atomic E-state index is 0.0986. The van der Waals surface area contributed by atoms with E-state index in [0.29, 0.717) is 11.4 Å². The molecule has 0 saturated carbocycles. The van der Waals surface area contributed by atoms with Crippen molar-refractivity contribution in [3.63, 3.8) is 0 Å². The first-order valence-corrected chi connectivity index (χ1v) is 14.3. The molecule has 1 aliphatic rings. The van der Waals surface area contributed by atoms with Crippen molar-refractivity contribution in [2.24, 2.45) is 0 Å². The van der Waals surface area contributed by atoms with E-state index in [4.69, 9.17) is 11.6 Å². The molecule has 1 heterocycles. The van der Waals surface area contributed by atoms with E-state index in [1.807, 2.05) is 67.6 Å². The second kappa shape index (κ2) is 11.4. The zero-order chi connectivity index (χ0) is 29.3.